The Kier molecular flexibility index (Phi) is 13.7. The molecular weight excluding hydrogens is 921 g/mol. The van der Waals surface area contributed by atoms with Crippen LogP contribution in [0.25, 0.3) is 0 Å². The van der Waals surface area contributed by atoms with E-state index in [-0.39, 0.29) is 29.2 Å². The molecule has 3 atom stereocenters. The summed E-state index contributed by atoms with van der Waals surface area (Å²) in [4.78, 5) is 70.2. The zero-order chi connectivity index (χ0) is 48.0. The third-order valence-corrected chi connectivity index (χ3v) is 14.9. The van der Waals surface area contributed by atoms with E-state index in [4.69, 9.17) is 14.6 Å². The molecular formula is C54H50N8O6S2. The number of hydrogen-bond acceptors (Lipinski definition) is 13. The zero-order valence-electron chi connectivity index (χ0n) is 38.3. The average molecular weight is 971 g/mol. The van der Waals surface area contributed by atoms with Crippen LogP contribution in [0.3, 0.4) is 0 Å². The third-order valence-electron chi connectivity index (χ3n) is 13.0. The highest BCUT2D eigenvalue weighted by atomic mass is 32.2. The number of nitrogens with zero attached hydrogens (tertiary/aromatic N) is 5. The number of fused-ring (bicyclic) bond motifs is 1. The number of carbonyl (C=O) groups excluding carboxylic acids is 4. The van der Waals surface area contributed by atoms with E-state index in [0.717, 1.165) is 70.9 Å². The summed E-state index contributed by atoms with van der Waals surface area (Å²) in [5, 5.41) is 13.7. The summed E-state index contributed by atoms with van der Waals surface area (Å²) in [6.45, 7) is 1.97. The molecule has 70 heavy (non-hydrogen) atoms. The lowest BCUT2D eigenvalue weighted by Crippen LogP contribution is -2.71. The monoisotopic (exact) mass is 970 g/mol. The van der Waals surface area contributed by atoms with Gasteiger partial charge in [-0.25, -0.2) is 4.79 Å². The van der Waals surface area contributed by atoms with Crippen molar-refractivity contribution in [2.45, 2.75) is 48.4 Å². The Morgan fingerprint density at radius 1 is 0.814 bits per heavy atom. The Hall–Kier alpha value is -7.40. The fraction of sp³-hybridized carbons (Fsp3) is 0.241. The normalized spacial score (nSPS) is 19.7. The van der Waals surface area contributed by atoms with E-state index in [9.17, 15) is 19.2 Å². The first-order chi connectivity index (χ1) is 34.3. The molecule has 4 aliphatic rings. The molecule has 0 bridgehead atoms. The fourth-order valence-electron chi connectivity index (χ4n) is 9.64. The lowest BCUT2D eigenvalue weighted by Gasteiger charge is -2.49. The van der Waals surface area contributed by atoms with Gasteiger partial charge in [0.1, 0.15) is 29.8 Å². The van der Waals surface area contributed by atoms with Crippen LogP contribution >= 0.6 is 23.3 Å². The van der Waals surface area contributed by atoms with Crippen LogP contribution in [0.4, 0.5) is 5.13 Å². The van der Waals surface area contributed by atoms with Crippen LogP contribution in [-0.2, 0) is 34.3 Å². The van der Waals surface area contributed by atoms with Crippen LogP contribution < -0.4 is 16.0 Å². The molecule has 0 radical (unpaired) electrons. The number of nitrogens with one attached hydrogen (secondary N) is 3. The van der Waals surface area contributed by atoms with Gasteiger partial charge in [0.05, 0.1) is 6.04 Å². The standard InChI is InChI=1S/C54H50N8O6S2/c1-67-59-43(47-57-53(70-60-47)58-54(39-23-11-4-12-24-39,40-25-13-5-14-26-40)41-27-15-6-16-28-41)48(63)56-44-50(65)62-45(52(66)68-46(36-19-7-2-8-20-36)37-21-9-3-10-22-37)38(34-69-51(44)62)31-35-32-42(55-33-35)49(64)61-29-17-18-30-61/h2-16,19-28,31,42,44,46,51,55H,17-18,29-30,32-34H2,1H3,(H,56,63)(H,57,58,60)/b35-31-,59-43-/t42?,44-,51-/m1/s1. The van der Waals surface area contributed by atoms with Crippen molar-refractivity contribution in [2.24, 2.45) is 5.16 Å². The van der Waals surface area contributed by atoms with E-state index in [1.54, 1.807) is 0 Å². The van der Waals surface area contributed by atoms with Crippen molar-refractivity contribution < 1.29 is 28.8 Å². The molecule has 3 fully saturated rings. The predicted octanol–water partition coefficient (Wildman–Crippen LogP) is 7.19. The van der Waals surface area contributed by atoms with Gasteiger partial charge < -0.3 is 30.4 Å². The number of esters is 1. The molecule has 0 spiro atoms. The summed E-state index contributed by atoms with van der Waals surface area (Å²) < 4.78 is 11.0. The van der Waals surface area contributed by atoms with Crippen LogP contribution in [0.5, 0.6) is 0 Å². The SMILES string of the molecule is CO/N=C(\C(=O)N[C@@H]1C(=O)N2C(C(=O)OC(c3ccccc3)c3ccccc3)=C(/C=C3\CNC(C(=O)N4CCCC4)C3)CS[C@H]12)c1nsc(NC(c2ccccc2)(c2ccccc2)c2ccccc2)n1. The molecule has 14 nitrogen and oxygen atoms in total. The highest BCUT2D eigenvalue weighted by molar-refractivity contribution is 8.00. The van der Waals surface area contributed by atoms with Crippen LogP contribution in [0.2, 0.25) is 0 Å². The molecule has 10 rings (SSSR count). The van der Waals surface area contributed by atoms with Crippen molar-refractivity contribution in [2.75, 3.05) is 37.8 Å². The van der Waals surface area contributed by atoms with Crippen molar-refractivity contribution in [3.05, 3.63) is 208 Å². The maximum Gasteiger partial charge on any atom is 0.356 e. The van der Waals surface area contributed by atoms with E-state index in [2.05, 4.69) is 25.5 Å². The first-order valence-electron chi connectivity index (χ1n) is 23.2. The van der Waals surface area contributed by atoms with Gasteiger partial charge in [0.25, 0.3) is 11.8 Å². The summed E-state index contributed by atoms with van der Waals surface area (Å²) in [5.41, 5.74) is 4.88. The number of hydrogen-bond donors (Lipinski definition) is 3. The van der Waals surface area contributed by atoms with Gasteiger partial charge in [0, 0.05) is 36.9 Å². The van der Waals surface area contributed by atoms with Gasteiger partial charge in [0.2, 0.25) is 22.6 Å². The van der Waals surface area contributed by atoms with Crippen molar-refractivity contribution in [1.29, 1.82) is 0 Å². The summed E-state index contributed by atoms with van der Waals surface area (Å²) in [7, 11) is 1.32. The third kappa shape index (κ3) is 9.24. The molecule has 0 aliphatic carbocycles. The number of rotatable bonds is 15. The molecule has 16 heteroatoms. The summed E-state index contributed by atoms with van der Waals surface area (Å²) in [6, 6.07) is 47.6. The molecule has 3 amide bonds. The minimum absolute atomic E-state index is 0.00695. The number of anilines is 1. The second-order valence-electron chi connectivity index (χ2n) is 17.3. The Morgan fingerprint density at radius 3 is 1.93 bits per heavy atom. The molecule has 0 saturated carbocycles. The smallest absolute Gasteiger partial charge is 0.356 e. The van der Waals surface area contributed by atoms with Gasteiger partial charge in [-0.15, -0.1) is 11.8 Å². The Morgan fingerprint density at radius 2 is 1.37 bits per heavy atom. The summed E-state index contributed by atoms with van der Waals surface area (Å²) in [5.74, 6) is -1.52. The lowest BCUT2D eigenvalue weighted by atomic mass is 9.77. The Bertz CT molecular complexity index is 2810. The van der Waals surface area contributed by atoms with Crippen LogP contribution in [0, 0.1) is 0 Å². The number of allylic oxidation sites excluding steroid dienone is 1. The maximum atomic E-state index is 14.8. The van der Waals surface area contributed by atoms with Crippen molar-refractivity contribution in [3.63, 3.8) is 0 Å². The van der Waals surface area contributed by atoms with Crippen molar-refractivity contribution in [1.82, 2.24) is 29.8 Å². The number of carbonyl (C=O) groups is 4. The number of oxime groups is 1. The van der Waals surface area contributed by atoms with Crippen LogP contribution in [-0.4, -0.2) is 98.5 Å². The van der Waals surface area contributed by atoms with Crippen molar-refractivity contribution in [3.8, 4) is 0 Å². The first-order valence-corrected chi connectivity index (χ1v) is 25.1. The first kappa shape index (κ1) is 46.3. The van der Waals surface area contributed by atoms with E-state index in [1.807, 2.05) is 163 Å². The predicted molar refractivity (Wildman–Crippen MR) is 269 cm³/mol. The molecule has 1 unspecified atom stereocenters. The topological polar surface area (TPSA) is 167 Å². The van der Waals surface area contributed by atoms with Gasteiger partial charge in [-0.2, -0.15) is 9.36 Å². The number of thioether (sulfide) groups is 1. The summed E-state index contributed by atoms with van der Waals surface area (Å²) in [6.07, 6.45) is 3.62. The molecule has 3 N–H and O–H groups in total. The molecule has 4 aliphatic heterocycles. The average Bonchev–Trinajstić information content (AvgIpc) is 4.23. The summed E-state index contributed by atoms with van der Waals surface area (Å²) >= 11 is 2.48. The van der Waals surface area contributed by atoms with E-state index in [1.165, 1.54) is 23.8 Å². The quantitative estimate of drug-likeness (QED) is 0.0314. The van der Waals surface area contributed by atoms with E-state index >= 15 is 0 Å². The molecule has 1 aromatic heterocycles. The minimum atomic E-state index is -1.04. The van der Waals surface area contributed by atoms with Crippen LogP contribution in [0.15, 0.2) is 180 Å². The minimum Gasteiger partial charge on any atom is -0.448 e. The number of likely N-dealkylation sites (tertiary alicyclic amines) is 1. The Labute approximate surface area is 414 Å². The lowest BCUT2D eigenvalue weighted by molar-refractivity contribution is -0.154. The second-order valence-corrected chi connectivity index (χ2v) is 19.2. The molecule has 3 saturated heterocycles. The van der Waals surface area contributed by atoms with Gasteiger partial charge in [0.15, 0.2) is 6.10 Å². The fourth-order valence-corrected chi connectivity index (χ4v) is 11.6. The van der Waals surface area contributed by atoms with E-state index in [0.29, 0.717) is 29.4 Å². The maximum absolute atomic E-state index is 14.8. The van der Waals surface area contributed by atoms with Gasteiger partial charge in [-0.3, -0.25) is 19.3 Å². The zero-order valence-corrected chi connectivity index (χ0v) is 39.9. The number of ether oxygens (including phenoxy) is 1. The second kappa shape index (κ2) is 20.7. The number of β-lactam (4-membered cyclic amide) rings is 1. The molecule has 354 valence electrons. The molecule has 5 heterocycles. The number of benzene rings is 5. The van der Waals surface area contributed by atoms with Crippen LogP contribution in [0.1, 0.15) is 59.0 Å². The highest BCUT2D eigenvalue weighted by Gasteiger charge is 2.55. The molecule has 5 aromatic carbocycles. The highest BCUT2D eigenvalue weighted by Crippen LogP contribution is 2.43. The van der Waals surface area contributed by atoms with Gasteiger partial charge in [-0.1, -0.05) is 168 Å². The number of amides is 3. The largest absolute Gasteiger partial charge is 0.448 e. The van der Waals surface area contributed by atoms with Crippen molar-refractivity contribution >= 4 is 57.8 Å². The molecule has 6 aromatic rings. The van der Waals surface area contributed by atoms with Gasteiger partial charge in [-0.05, 0) is 52.7 Å². The van der Waals surface area contributed by atoms with Gasteiger partial charge >= 0.3 is 5.97 Å². The van der Waals surface area contributed by atoms with E-state index < -0.39 is 40.8 Å². The number of aromatic nitrogens is 2. The Balaban J connectivity index is 0.925.